The van der Waals surface area contributed by atoms with E-state index in [2.05, 4.69) is 24.3 Å². The topological polar surface area (TPSA) is 77.6 Å². The summed E-state index contributed by atoms with van der Waals surface area (Å²) in [7, 11) is 1.72. The Morgan fingerprint density at radius 2 is 2.19 bits per heavy atom. The van der Waals surface area contributed by atoms with Crippen molar-refractivity contribution in [2.75, 3.05) is 19.0 Å². The summed E-state index contributed by atoms with van der Waals surface area (Å²) in [6.45, 7) is 5.91. The van der Waals surface area contributed by atoms with Crippen molar-refractivity contribution < 1.29 is 9.53 Å². The molecular formula is C14H20N4O3. The van der Waals surface area contributed by atoms with Crippen LogP contribution in [0.15, 0.2) is 17.1 Å². The van der Waals surface area contributed by atoms with Gasteiger partial charge in [0.05, 0.1) is 6.61 Å². The molecule has 2 heterocycles. The first kappa shape index (κ1) is 15.1. The quantitative estimate of drug-likeness (QED) is 0.839. The maximum Gasteiger partial charge on any atom is 0.327 e. The Balaban J connectivity index is 2.55. The molecule has 21 heavy (non-hydrogen) atoms. The van der Waals surface area contributed by atoms with Crippen LogP contribution >= 0.6 is 0 Å². The number of anilines is 1. The fourth-order valence-corrected chi connectivity index (χ4v) is 2.09. The van der Waals surface area contributed by atoms with Crippen molar-refractivity contribution in [2.24, 2.45) is 0 Å². The maximum absolute atomic E-state index is 12.4. The van der Waals surface area contributed by atoms with Gasteiger partial charge in [0.15, 0.2) is 0 Å². The lowest BCUT2D eigenvalue weighted by Crippen LogP contribution is -2.30. The molecule has 0 spiro atoms. The van der Waals surface area contributed by atoms with Gasteiger partial charge in [0.2, 0.25) is 5.95 Å². The third-order valence-electron chi connectivity index (χ3n) is 3.21. The molecule has 0 unspecified atom stereocenters. The van der Waals surface area contributed by atoms with E-state index in [1.807, 2.05) is 12.3 Å². The summed E-state index contributed by atoms with van der Waals surface area (Å²) in [4.78, 5) is 24.0. The van der Waals surface area contributed by atoms with Crippen molar-refractivity contribution in [2.45, 2.75) is 33.2 Å². The highest BCUT2D eigenvalue weighted by Gasteiger charge is 2.15. The largest absolute Gasteiger partial charge is 0.465 e. The predicted molar refractivity (Wildman–Crippen MR) is 79.7 cm³/mol. The van der Waals surface area contributed by atoms with Gasteiger partial charge >= 0.3 is 5.97 Å². The molecule has 114 valence electrons. The molecule has 1 N–H and O–H groups in total. The second kappa shape index (κ2) is 5.99. The van der Waals surface area contributed by atoms with Crippen molar-refractivity contribution in [3.63, 3.8) is 0 Å². The molecule has 0 aromatic carbocycles. The smallest absolute Gasteiger partial charge is 0.327 e. The molecule has 2 aromatic heterocycles. The van der Waals surface area contributed by atoms with E-state index in [1.54, 1.807) is 18.4 Å². The summed E-state index contributed by atoms with van der Waals surface area (Å²) >= 11 is 0. The van der Waals surface area contributed by atoms with Gasteiger partial charge in [-0.15, -0.1) is 5.10 Å². The molecule has 0 aliphatic carbocycles. The minimum Gasteiger partial charge on any atom is -0.465 e. The van der Waals surface area contributed by atoms with Crippen LogP contribution in [0.4, 0.5) is 5.95 Å². The van der Waals surface area contributed by atoms with Crippen LogP contribution in [0, 0.1) is 0 Å². The highest BCUT2D eigenvalue weighted by atomic mass is 16.5. The number of aromatic nitrogens is 3. The maximum atomic E-state index is 12.4. The van der Waals surface area contributed by atoms with Crippen molar-refractivity contribution >= 4 is 17.4 Å². The number of ether oxygens (including phenoxy) is 1. The van der Waals surface area contributed by atoms with Crippen LogP contribution in [-0.2, 0) is 16.1 Å². The summed E-state index contributed by atoms with van der Waals surface area (Å²) in [6.07, 6.45) is 1.88. The number of hydrogen-bond acceptors (Lipinski definition) is 5. The van der Waals surface area contributed by atoms with Crippen molar-refractivity contribution in [3.8, 4) is 0 Å². The average Bonchev–Trinajstić information content (AvgIpc) is 2.88. The van der Waals surface area contributed by atoms with Gasteiger partial charge in [-0.05, 0) is 24.5 Å². The molecule has 7 heteroatoms. The number of hydrogen-bond donors (Lipinski definition) is 1. The zero-order valence-electron chi connectivity index (χ0n) is 12.7. The molecule has 2 aromatic rings. The molecule has 0 saturated carbocycles. The zero-order valence-corrected chi connectivity index (χ0v) is 12.7. The van der Waals surface area contributed by atoms with Gasteiger partial charge in [-0.1, -0.05) is 13.8 Å². The lowest BCUT2D eigenvalue weighted by molar-refractivity contribution is -0.144. The first-order valence-corrected chi connectivity index (χ1v) is 6.94. The van der Waals surface area contributed by atoms with Gasteiger partial charge in [0.1, 0.15) is 12.1 Å². The monoisotopic (exact) mass is 292 g/mol. The molecule has 2 rings (SSSR count). The predicted octanol–water partition coefficient (Wildman–Crippen LogP) is 1.22. The molecule has 0 radical (unpaired) electrons. The summed E-state index contributed by atoms with van der Waals surface area (Å²) in [5.74, 6) is 0.322. The van der Waals surface area contributed by atoms with Crippen LogP contribution in [0.2, 0.25) is 0 Å². The van der Waals surface area contributed by atoms with E-state index < -0.39 is 5.97 Å². The number of carbonyl (C=O) groups excluding carboxylic acids is 1. The molecule has 0 saturated heterocycles. The second-order valence-electron chi connectivity index (χ2n) is 5.02. The number of esters is 1. The molecule has 0 amide bonds. The van der Waals surface area contributed by atoms with Gasteiger partial charge in [-0.3, -0.25) is 14.0 Å². The van der Waals surface area contributed by atoms with Gasteiger partial charge in [0.25, 0.3) is 5.56 Å². The Hall–Kier alpha value is -2.31. The van der Waals surface area contributed by atoms with E-state index in [-0.39, 0.29) is 18.7 Å². The Bertz CT molecular complexity index is 715. The number of nitrogens with zero attached hydrogens (tertiary/aromatic N) is 3. The number of carbonyl (C=O) groups is 1. The Labute approximate surface area is 122 Å². The van der Waals surface area contributed by atoms with E-state index in [0.29, 0.717) is 17.4 Å². The normalized spacial score (nSPS) is 11.1. The fourth-order valence-electron chi connectivity index (χ4n) is 2.09. The molecule has 7 nitrogen and oxygen atoms in total. The molecule has 0 atom stereocenters. The van der Waals surface area contributed by atoms with Crippen LogP contribution in [0.25, 0.3) is 5.52 Å². The summed E-state index contributed by atoms with van der Waals surface area (Å²) in [5.41, 5.74) is 1.22. The zero-order chi connectivity index (χ0) is 15.6. The molecule has 0 fully saturated rings. The third kappa shape index (κ3) is 2.91. The Morgan fingerprint density at radius 3 is 2.76 bits per heavy atom. The van der Waals surface area contributed by atoms with Crippen LogP contribution in [-0.4, -0.2) is 33.8 Å². The van der Waals surface area contributed by atoms with E-state index in [9.17, 15) is 9.59 Å². The molecule has 0 bridgehead atoms. The Morgan fingerprint density at radius 1 is 1.48 bits per heavy atom. The number of rotatable bonds is 5. The van der Waals surface area contributed by atoms with Gasteiger partial charge in [-0.25, -0.2) is 4.68 Å². The minimum atomic E-state index is -0.478. The van der Waals surface area contributed by atoms with E-state index >= 15 is 0 Å². The fraction of sp³-hybridized carbons (Fsp3) is 0.500. The van der Waals surface area contributed by atoms with Crippen molar-refractivity contribution in [1.29, 1.82) is 0 Å². The number of nitrogens with one attached hydrogen (secondary N) is 1. The highest BCUT2D eigenvalue weighted by molar-refractivity contribution is 5.69. The summed E-state index contributed by atoms with van der Waals surface area (Å²) in [6, 6.07) is 1.83. The first-order valence-electron chi connectivity index (χ1n) is 6.94. The van der Waals surface area contributed by atoms with E-state index in [4.69, 9.17) is 4.74 Å². The SMILES string of the molecule is CCOC(=O)Cn1nc(NC)n2cc(C(C)C)cc2c1=O. The Kier molecular flexibility index (Phi) is 4.30. The van der Waals surface area contributed by atoms with Gasteiger partial charge < -0.3 is 10.1 Å². The van der Waals surface area contributed by atoms with Crippen LogP contribution in [0.5, 0.6) is 0 Å². The highest BCUT2D eigenvalue weighted by Crippen LogP contribution is 2.18. The molecular weight excluding hydrogens is 272 g/mol. The van der Waals surface area contributed by atoms with Crippen LogP contribution in [0.1, 0.15) is 32.3 Å². The molecule has 0 aliphatic rings. The van der Waals surface area contributed by atoms with Crippen molar-refractivity contribution in [1.82, 2.24) is 14.2 Å². The second-order valence-corrected chi connectivity index (χ2v) is 5.02. The van der Waals surface area contributed by atoms with Gasteiger partial charge in [-0.2, -0.15) is 0 Å². The van der Waals surface area contributed by atoms with E-state index in [0.717, 1.165) is 10.2 Å². The number of fused-ring (bicyclic) bond motifs is 1. The van der Waals surface area contributed by atoms with Crippen LogP contribution < -0.4 is 10.9 Å². The molecule has 0 aliphatic heterocycles. The summed E-state index contributed by atoms with van der Waals surface area (Å²) < 4.78 is 7.70. The minimum absolute atomic E-state index is 0.194. The first-order chi connectivity index (χ1) is 9.97. The standard InChI is InChI=1S/C14H20N4O3/c1-5-21-12(19)8-18-13(20)11-6-10(9(2)3)7-17(11)14(15-4)16-18/h6-7,9H,5,8H2,1-4H3,(H,15,16). The van der Waals surface area contributed by atoms with Crippen LogP contribution in [0.3, 0.4) is 0 Å². The van der Waals surface area contributed by atoms with Crippen molar-refractivity contribution in [3.05, 3.63) is 28.2 Å². The van der Waals surface area contributed by atoms with E-state index in [1.165, 1.54) is 0 Å². The average molecular weight is 292 g/mol. The summed E-state index contributed by atoms with van der Waals surface area (Å²) in [5, 5.41) is 7.10. The van der Waals surface area contributed by atoms with Gasteiger partial charge in [0, 0.05) is 13.2 Å². The lowest BCUT2D eigenvalue weighted by atomic mass is 10.1. The lowest BCUT2D eigenvalue weighted by Gasteiger charge is -2.09. The third-order valence-corrected chi connectivity index (χ3v) is 3.21.